The van der Waals surface area contributed by atoms with E-state index in [9.17, 15) is 13.2 Å². The third kappa shape index (κ3) is 6.74. The molecule has 35 heavy (non-hydrogen) atoms. The first-order chi connectivity index (χ1) is 16.6. The van der Waals surface area contributed by atoms with Crippen LogP contribution in [0.5, 0.6) is 11.5 Å². The molecular weight excluding hydrogens is 490 g/mol. The zero-order valence-electron chi connectivity index (χ0n) is 19.8. The molecule has 0 aromatic heterocycles. The second-order valence-corrected chi connectivity index (χ2v) is 9.99. The molecule has 0 fully saturated rings. The van der Waals surface area contributed by atoms with E-state index >= 15 is 0 Å². The number of rotatable bonds is 9. The van der Waals surface area contributed by atoms with Crippen molar-refractivity contribution in [2.45, 2.75) is 13.5 Å². The highest BCUT2D eigenvalue weighted by molar-refractivity contribution is 7.92. The standard InChI is InChI=1S/C25H26ClN3O5S/c1-17(20-9-14-23(33-2)24(15-20)34-3)27-28-25(30)19-7-12-22(13-8-19)29(35(4,31)32)16-18-5-10-21(26)11-6-18/h5-15H,16H2,1-4H3,(H,28,30)/b27-17+. The number of ether oxygens (including phenoxy) is 2. The number of nitrogens with one attached hydrogen (secondary N) is 1. The largest absolute Gasteiger partial charge is 0.493 e. The second kappa shape index (κ2) is 11.2. The van der Waals surface area contributed by atoms with Gasteiger partial charge in [-0.2, -0.15) is 5.10 Å². The summed E-state index contributed by atoms with van der Waals surface area (Å²) in [6, 6.07) is 18.5. The minimum Gasteiger partial charge on any atom is -0.493 e. The van der Waals surface area contributed by atoms with Gasteiger partial charge in [0.2, 0.25) is 10.0 Å². The number of hydrogen-bond donors (Lipinski definition) is 1. The van der Waals surface area contributed by atoms with Crippen molar-refractivity contribution in [2.75, 3.05) is 24.8 Å². The number of hydrazone groups is 1. The summed E-state index contributed by atoms with van der Waals surface area (Å²) in [6.45, 7) is 1.89. The Kier molecular flexibility index (Phi) is 8.37. The summed E-state index contributed by atoms with van der Waals surface area (Å²) in [7, 11) is -0.470. The highest BCUT2D eigenvalue weighted by atomic mass is 35.5. The molecule has 3 rings (SSSR count). The summed E-state index contributed by atoms with van der Waals surface area (Å²) in [5, 5.41) is 4.73. The normalized spacial score (nSPS) is 11.6. The molecule has 0 radical (unpaired) electrons. The maximum atomic E-state index is 12.6. The zero-order chi connectivity index (χ0) is 25.6. The van der Waals surface area contributed by atoms with E-state index < -0.39 is 15.9 Å². The minimum atomic E-state index is -3.56. The van der Waals surface area contributed by atoms with Crippen LogP contribution in [0.25, 0.3) is 0 Å². The molecule has 0 saturated heterocycles. The van der Waals surface area contributed by atoms with Crippen LogP contribution in [0.3, 0.4) is 0 Å². The lowest BCUT2D eigenvalue weighted by atomic mass is 10.1. The van der Waals surface area contributed by atoms with Crippen molar-refractivity contribution in [3.05, 3.63) is 88.4 Å². The Bertz CT molecular complexity index is 1320. The van der Waals surface area contributed by atoms with Crippen LogP contribution in [0, 0.1) is 0 Å². The van der Waals surface area contributed by atoms with Gasteiger partial charge >= 0.3 is 0 Å². The number of methoxy groups -OCH3 is 2. The molecule has 0 atom stereocenters. The summed E-state index contributed by atoms with van der Waals surface area (Å²) < 4.78 is 36.6. The fourth-order valence-electron chi connectivity index (χ4n) is 3.26. The molecular formula is C25H26ClN3O5S. The van der Waals surface area contributed by atoms with E-state index in [1.54, 1.807) is 81.8 Å². The minimum absolute atomic E-state index is 0.135. The highest BCUT2D eigenvalue weighted by Gasteiger charge is 2.18. The van der Waals surface area contributed by atoms with Crippen LogP contribution in [-0.4, -0.2) is 40.5 Å². The SMILES string of the molecule is COc1ccc(/C(C)=N/NC(=O)c2ccc(N(Cc3ccc(Cl)cc3)S(C)(=O)=O)cc2)cc1OC. The van der Waals surface area contributed by atoms with Gasteiger partial charge in [0.25, 0.3) is 5.91 Å². The van der Waals surface area contributed by atoms with Crippen molar-refractivity contribution in [1.82, 2.24) is 5.43 Å². The number of hydrogen-bond acceptors (Lipinski definition) is 6. The monoisotopic (exact) mass is 515 g/mol. The molecule has 3 aromatic rings. The summed E-state index contributed by atoms with van der Waals surface area (Å²) >= 11 is 5.92. The lowest BCUT2D eigenvalue weighted by molar-refractivity contribution is 0.0955. The fraction of sp³-hybridized carbons (Fsp3) is 0.200. The molecule has 8 nitrogen and oxygen atoms in total. The first kappa shape index (κ1) is 26.1. The Labute approximate surface area is 210 Å². The van der Waals surface area contributed by atoms with Crippen LogP contribution in [0.4, 0.5) is 5.69 Å². The average molecular weight is 516 g/mol. The number of carbonyl (C=O) groups excluding carboxylic acids is 1. The van der Waals surface area contributed by atoms with Crippen molar-refractivity contribution >= 4 is 38.9 Å². The predicted molar refractivity (Wildman–Crippen MR) is 138 cm³/mol. The second-order valence-electron chi connectivity index (χ2n) is 7.65. The summed E-state index contributed by atoms with van der Waals surface area (Å²) in [6.07, 6.45) is 1.13. The highest BCUT2D eigenvalue weighted by Crippen LogP contribution is 2.28. The van der Waals surface area contributed by atoms with Crippen molar-refractivity contribution in [1.29, 1.82) is 0 Å². The van der Waals surface area contributed by atoms with Crippen LogP contribution in [0.2, 0.25) is 5.02 Å². The Morgan fingerprint density at radius 2 is 1.54 bits per heavy atom. The molecule has 0 unspecified atom stereocenters. The van der Waals surface area contributed by atoms with Gasteiger partial charge in [-0.3, -0.25) is 9.10 Å². The third-order valence-electron chi connectivity index (χ3n) is 5.18. The predicted octanol–water partition coefficient (Wildman–Crippen LogP) is 4.48. The van der Waals surface area contributed by atoms with Gasteiger partial charge in [-0.1, -0.05) is 23.7 Å². The van der Waals surface area contributed by atoms with Crippen LogP contribution >= 0.6 is 11.6 Å². The van der Waals surface area contributed by atoms with Crippen molar-refractivity contribution < 1.29 is 22.7 Å². The molecule has 0 saturated carbocycles. The number of benzene rings is 3. The molecule has 184 valence electrons. The molecule has 0 bridgehead atoms. The van der Waals surface area contributed by atoms with Gasteiger partial charge in [0.1, 0.15) is 0 Å². The van der Waals surface area contributed by atoms with E-state index in [0.29, 0.717) is 33.5 Å². The fourth-order valence-corrected chi connectivity index (χ4v) is 4.27. The van der Waals surface area contributed by atoms with Gasteiger partial charge in [-0.25, -0.2) is 13.8 Å². The van der Waals surface area contributed by atoms with Gasteiger partial charge in [-0.05, 0) is 67.1 Å². The van der Waals surface area contributed by atoms with Crippen LogP contribution in [-0.2, 0) is 16.6 Å². The lowest BCUT2D eigenvalue weighted by Gasteiger charge is -2.22. The molecule has 10 heteroatoms. The Balaban J connectivity index is 1.74. The maximum absolute atomic E-state index is 12.6. The van der Waals surface area contributed by atoms with Crippen molar-refractivity contribution in [2.24, 2.45) is 5.10 Å². The number of halogens is 1. The lowest BCUT2D eigenvalue weighted by Crippen LogP contribution is -2.29. The molecule has 0 aliphatic carbocycles. The van der Waals surface area contributed by atoms with E-state index in [1.807, 2.05) is 6.07 Å². The third-order valence-corrected chi connectivity index (χ3v) is 6.58. The molecule has 0 spiro atoms. The number of nitrogens with zero attached hydrogens (tertiary/aromatic N) is 2. The quantitative estimate of drug-likeness (QED) is 0.335. The van der Waals surface area contributed by atoms with E-state index in [1.165, 1.54) is 4.31 Å². The topological polar surface area (TPSA) is 97.3 Å². The summed E-state index contributed by atoms with van der Waals surface area (Å²) in [5.41, 5.74) is 5.39. The van der Waals surface area contributed by atoms with Gasteiger partial charge < -0.3 is 9.47 Å². The molecule has 0 aliphatic rings. The van der Waals surface area contributed by atoms with Crippen molar-refractivity contribution in [3.8, 4) is 11.5 Å². The van der Waals surface area contributed by atoms with Crippen LogP contribution in [0.1, 0.15) is 28.4 Å². The molecule has 3 aromatic carbocycles. The maximum Gasteiger partial charge on any atom is 0.271 e. The number of amides is 1. The number of sulfonamides is 1. The van der Waals surface area contributed by atoms with Crippen molar-refractivity contribution in [3.63, 3.8) is 0 Å². The van der Waals surface area contributed by atoms with Gasteiger partial charge in [0.05, 0.1) is 38.4 Å². The molecule has 0 heterocycles. The number of anilines is 1. The number of carbonyl (C=O) groups is 1. The van der Waals surface area contributed by atoms with E-state index in [2.05, 4.69) is 10.5 Å². The van der Waals surface area contributed by atoms with Gasteiger partial charge in [-0.15, -0.1) is 0 Å². The summed E-state index contributed by atoms with van der Waals surface area (Å²) in [5.74, 6) is 0.711. The Morgan fingerprint density at radius 3 is 2.11 bits per heavy atom. The van der Waals surface area contributed by atoms with E-state index in [0.717, 1.165) is 17.4 Å². The Hall–Kier alpha value is -3.56. The van der Waals surface area contributed by atoms with Gasteiger partial charge in [0, 0.05) is 16.1 Å². The molecule has 0 aliphatic heterocycles. The first-order valence-corrected chi connectivity index (χ1v) is 12.7. The van der Waals surface area contributed by atoms with E-state index in [4.69, 9.17) is 21.1 Å². The van der Waals surface area contributed by atoms with Gasteiger partial charge in [0.15, 0.2) is 11.5 Å². The molecule has 1 amide bonds. The Morgan fingerprint density at radius 1 is 0.943 bits per heavy atom. The zero-order valence-corrected chi connectivity index (χ0v) is 21.4. The smallest absolute Gasteiger partial charge is 0.271 e. The van der Waals surface area contributed by atoms with Crippen LogP contribution < -0.4 is 19.2 Å². The van der Waals surface area contributed by atoms with Crippen LogP contribution in [0.15, 0.2) is 71.8 Å². The average Bonchev–Trinajstić information content (AvgIpc) is 2.85. The molecule has 1 N–H and O–H groups in total. The first-order valence-electron chi connectivity index (χ1n) is 10.5. The summed E-state index contributed by atoms with van der Waals surface area (Å²) in [4.78, 5) is 12.6. The van der Waals surface area contributed by atoms with E-state index in [-0.39, 0.29) is 6.54 Å².